The molecule has 28 heavy (non-hydrogen) atoms. The minimum atomic E-state index is -1.65. The molecular weight excluding hydrogens is 362 g/mol. The van der Waals surface area contributed by atoms with Crippen molar-refractivity contribution >= 4 is 11.9 Å². The molecule has 3 atom stereocenters. The first kappa shape index (κ1) is 19.8. The van der Waals surface area contributed by atoms with Crippen molar-refractivity contribution < 1.29 is 28.9 Å². The highest BCUT2D eigenvalue weighted by Crippen LogP contribution is 2.44. The highest BCUT2D eigenvalue weighted by Gasteiger charge is 2.57. The van der Waals surface area contributed by atoms with E-state index in [1.807, 2.05) is 30.3 Å². The van der Waals surface area contributed by atoms with Gasteiger partial charge in [-0.05, 0) is 18.1 Å². The van der Waals surface area contributed by atoms with Crippen molar-refractivity contribution in [1.29, 1.82) is 0 Å². The number of benzene rings is 1. The molecule has 1 aromatic heterocycles. The van der Waals surface area contributed by atoms with Gasteiger partial charge < -0.3 is 19.3 Å². The number of aromatic nitrogens is 1. The number of carbonyl (C=O) groups excluding carboxylic acids is 1. The molecule has 0 bridgehead atoms. The van der Waals surface area contributed by atoms with Crippen LogP contribution in [0.3, 0.4) is 0 Å². The Morgan fingerprint density at radius 3 is 2.68 bits per heavy atom. The van der Waals surface area contributed by atoms with Crippen LogP contribution in [-0.4, -0.2) is 34.2 Å². The van der Waals surface area contributed by atoms with Crippen molar-refractivity contribution in [2.24, 2.45) is 5.92 Å². The molecule has 0 saturated carbocycles. The standard InChI is InChI=1S/C21H23NO6/c1-14-9-11-27-21(14,20(24)25)19(28-15(2)23)17-8-10-22-18(12-17)26-13-16-6-4-3-5-7-16/h3-8,10,12,14,19H,9,11,13H2,1-2H3,(H,24,25). The zero-order valence-electron chi connectivity index (χ0n) is 15.8. The van der Waals surface area contributed by atoms with Crippen LogP contribution in [0, 0.1) is 5.92 Å². The van der Waals surface area contributed by atoms with E-state index in [0.29, 0.717) is 24.5 Å². The van der Waals surface area contributed by atoms with Crippen molar-refractivity contribution in [2.75, 3.05) is 6.61 Å². The average molecular weight is 385 g/mol. The number of aliphatic carboxylic acids is 1. The summed E-state index contributed by atoms with van der Waals surface area (Å²) in [6.07, 6.45) is 0.954. The Morgan fingerprint density at radius 2 is 2.07 bits per heavy atom. The van der Waals surface area contributed by atoms with Crippen molar-refractivity contribution in [3.63, 3.8) is 0 Å². The first-order valence-electron chi connectivity index (χ1n) is 9.10. The van der Waals surface area contributed by atoms with E-state index in [0.717, 1.165) is 5.56 Å². The summed E-state index contributed by atoms with van der Waals surface area (Å²) in [7, 11) is 0. The van der Waals surface area contributed by atoms with Crippen LogP contribution in [0.15, 0.2) is 48.7 Å². The smallest absolute Gasteiger partial charge is 0.340 e. The van der Waals surface area contributed by atoms with E-state index < -0.39 is 23.6 Å². The third-order valence-corrected chi connectivity index (χ3v) is 4.92. The number of rotatable bonds is 7. The third-order valence-electron chi connectivity index (χ3n) is 4.92. The SMILES string of the molecule is CC(=O)OC(c1ccnc(OCc2ccccc2)c1)C1(C(=O)O)OCCC1C. The van der Waals surface area contributed by atoms with Crippen molar-refractivity contribution in [1.82, 2.24) is 4.98 Å². The molecule has 3 rings (SSSR count). The quantitative estimate of drug-likeness (QED) is 0.732. The Morgan fingerprint density at radius 1 is 1.32 bits per heavy atom. The summed E-state index contributed by atoms with van der Waals surface area (Å²) in [5, 5.41) is 9.94. The van der Waals surface area contributed by atoms with Gasteiger partial charge in [0, 0.05) is 37.3 Å². The van der Waals surface area contributed by atoms with Crippen LogP contribution < -0.4 is 4.74 Å². The monoisotopic (exact) mass is 385 g/mol. The molecule has 1 fully saturated rings. The Balaban J connectivity index is 1.90. The second-order valence-electron chi connectivity index (χ2n) is 6.83. The molecule has 148 valence electrons. The summed E-state index contributed by atoms with van der Waals surface area (Å²) < 4.78 is 16.8. The number of carboxylic acid groups (broad SMARTS) is 1. The normalized spacial score (nSPS) is 22.4. The van der Waals surface area contributed by atoms with Gasteiger partial charge in [0.15, 0.2) is 6.10 Å². The van der Waals surface area contributed by atoms with Crippen LogP contribution in [0.2, 0.25) is 0 Å². The Labute approximate surface area is 163 Å². The van der Waals surface area contributed by atoms with Gasteiger partial charge in [-0.3, -0.25) is 4.79 Å². The molecule has 1 saturated heterocycles. The topological polar surface area (TPSA) is 95.0 Å². The average Bonchev–Trinajstić information content (AvgIpc) is 3.07. The Kier molecular flexibility index (Phi) is 5.94. The molecule has 1 aromatic carbocycles. The van der Waals surface area contributed by atoms with Crippen LogP contribution in [-0.2, 0) is 25.7 Å². The summed E-state index contributed by atoms with van der Waals surface area (Å²) in [5.74, 6) is -1.77. The number of esters is 1. The van der Waals surface area contributed by atoms with Crippen LogP contribution >= 0.6 is 0 Å². The first-order valence-corrected chi connectivity index (χ1v) is 9.10. The summed E-state index contributed by atoms with van der Waals surface area (Å²) in [6.45, 7) is 3.63. The maximum absolute atomic E-state index is 12.2. The van der Waals surface area contributed by atoms with Gasteiger partial charge >= 0.3 is 11.9 Å². The van der Waals surface area contributed by atoms with Gasteiger partial charge in [0.25, 0.3) is 0 Å². The van der Waals surface area contributed by atoms with E-state index in [-0.39, 0.29) is 12.5 Å². The van der Waals surface area contributed by atoms with Crippen molar-refractivity contribution in [3.05, 3.63) is 59.8 Å². The molecule has 0 amide bonds. The molecule has 1 N–H and O–H groups in total. The summed E-state index contributed by atoms with van der Waals surface area (Å²) >= 11 is 0. The van der Waals surface area contributed by atoms with E-state index in [1.54, 1.807) is 19.1 Å². The molecule has 1 aliphatic rings. The Bertz CT molecular complexity index is 840. The lowest BCUT2D eigenvalue weighted by molar-refractivity contribution is -0.191. The third kappa shape index (κ3) is 3.99. The predicted octanol–water partition coefficient (Wildman–Crippen LogP) is 3.14. The molecule has 0 aliphatic carbocycles. The summed E-state index contributed by atoms with van der Waals surface area (Å²) in [6, 6.07) is 12.8. The zero-order valence-corrected chi connectivity index (χ0v) is 15.8. The van der Waals surface area contributed by atoms with Gasteiger partial charge in [-0.2, -0.15) is 0 Å². The van der Waals surface area contributed by atoms with Crippen LogP contribution in [0.1, 0.15) is 37.5 Å². The van der Waals surface area contributed by atoms with E-state index in [9.17, 15) is 14.7 Å². The molecule has 2 heterocycles. The lowest BCUT2D eigenvalue weighted by atomic mass is 9.81. The second kappa shape index (κ2) is 8.39. The minimum absolute atomic E-state index is 0.285. The predicted molar refractivity (Wildman–Crippen MR) is 99.6 cm³/mol. The molecule has 2 aromatic rings. The lowest BCUT2D eigenvalue weighted by Gasteiger charge is -2.35. The zero-order chi connectivity index (χ0) is 20.1. The number of pyridine rings is 1. The fourth-order valence-corrected chi connectivity index (χ4v) is 3.45. The van der Waals surface area contributed by atoms with Gasteiger partial charge in [0.05, 0.1) is 0 Å². The van der Waals surface area contributed by atoms with Gasteiger partial charge in [0.1, 0.15) is 6.61 Å². The fourth-order valence-electron chi connectivity index (χ4n) is 3.45. The summed E-state index contributed by atoms with van der Waals surface area (Å²) in [5.41, 5.74) is -0.214. The van der Waals surface area contributed by atoms with Gasteiger partial charge in [-0.1, -0.05) is 37.3 Å². The molecule has 7 heteroatoms. The highest BCUT2D eigenvalue weighted by molar-refractivity contribution is 5.80. The molecule has 7 nitrogen and oxygen atoms in total. The molecular formula is C21H23NO6. The van der Waals surface area contributed by atoms with E-state index >= 15 is 0 Å². The van der Waals surface area contributed by atoms with Gasteiger partial charge in [-0.25, -0.2) is 9.78 Å². The molecule has 0 radical (unpaired) electrons. The first-order chi connectivity index (χ1) is 13.4. The van der Waals surface area contributed by atoms with Crippen LogP contribution in [0.5, 0.6) is 5.88 Å². The largest absolute Gasteiger partial charge is 0.479 e. The lowest BCUT2D eigenvalue weighted by Crippen LogP contribution is -2.50. The molecule has 0 spiro atoms. The van der Waals surface area contributed by atoms with E-state index in [4.69, 9.17) is 14.2 Å². The van der Waals surface area contributed by atoms with Crippen LogP contribution in [0.4, 0.5) is 0 Å². The maximum atomic E-state index is 12.2. The van der Waals surface area contributed by atoms with Crippen molar-refractivity contribution in [3.8, 4) is 5.88 Å². The number of carboxylic acids is 1. The van der Waals surface area contributed by atoms with Crippen molar-refractivity contribution in [2.45, 2.75) is 38.6 Å². The highest BCUT2D eigenvalue weighted by atomic mass is 16.6. The number of hydrogen-bond donors (Lipinski definition) is 1. The minimum Gasteiger partial charge on any atom is -0.479 e. The number of carbonyl (C=O) groups is 2. The summed E-state index contributed by atoms with van der Waals surface area (Å²) in [4.78, 5) is 28.1. The van der Waals surface area contributed by atoms with Gasteiger partial charge in [0.2, 0.25) is 11.5 Å². The fraction of sp³-hybridized carbons (Fsp3) is 0.381. The molecule has 3 unspecified atom stereocenters. The number of hydrogen-bond acceptors (Lipinski definition) is 6. The van der Waals surface area contributed by atoms with E-state index in [1.165, 1.54) is 13.1 Å². The van der Waals surface area contributed by atoms with Crippen LogP contribution in [0.25, 0.3) is 0 Å². The second-order valence-corrected chi connectivity index (χ2v) is 6.83. The maximum Gasteiger partial charge on any atom is 0.340 e. The molecule has 1 aliphatic heterocycles. The number of nitrogens with zero attached hydrogens (tertiary/aromatic N) is 1. The Hall–Kier alpha value is -2.93. The van der Waals surface area contributed by atoms with E-state index in [2.05, 4.69) is 4.98 Å². The number of ether oxygens (including phenoxy) is 3. The van der Waals surface area contributed by atoms with Gasteiger partial charge in [-0.15, -0.1) is 0 Å².